The maximum Gasteiger partial charge on any atom is 0.0576 e. The Labute approximate surface area is 96.1 Å². The van der Waals surface area contributed by atoms with E-state index in [1.54, 1.807) is 11.5 Å². The monoisotopic (exact) mass is 224 g/mol. The minimum absolute atomic E-state index is 0.381. The van der Waals surface area contributed by atoms with Gasteiger partial charge in [0.25, 0.3) is 0 Å². The van der Waals surface area contributed by atoms with Crippen LogP contribution in [-0.4, -0.2) is 10.4 Å². The number of hydrogen-bond acceptors (Lipinski definition) is 3. The van der Waals surface area contributed by atoms with Crippen molar-refractivity contribution < 1.29 is 0 Å². The molecule has 1 aliphatic carbocycles. The predicted octanol–water partition coefficient (Wildman–Crippen LogP) is 3.01. The Morgan fingerprint density at radius 2 is 2.27 bits per heavy atom. The summed E-state index contributed by atoms with van der Waals surface area (Å²) in [5.74, 6) is 2.11. The zero-order valence-electron chi connectivity index (χ0n) is 9.52. The van der Waals surface area contributed by atoms with Crippen LogP contribution in [0.2, 0.25) is 0 Å². The van der Waals surface area contributed by atoms with Gasteiger partial charge in [-0.05, 0) is 48.7 Å². The lowest BCUT2D eigenvalue weighted by Crippen LogP contribution is -2.34. The first-order valence-corrected chi connectivity index (χ1v) is 6.68. The molecule has 0 saturated heterocycles. The van der Waals surface area contributed by atoms with Crippen molar-refractivity contribution in [3.05, 3.63) is 17.1 Å². The topological polar surface area (TPSA) is 38.9 Å². The summed E-state index contributed by atoms with van der Waals surface area (Å²) in [6, 6.07) is 2.55. The van der Waals surface area contributed by atoms with Gasteiger partial charge in [-0.25, -0.2) is 0 Å². The third-order valence-corrected chi connectivity index (χ3v) is 4.21. The molecule has 1 aromatic rings. The summed E-state index contributed by atoms with van der Waals surface area (Å²) in [7, 11) is 0. The van der Waals surface area contributed by atoms with Crippen LogP contribution in [0.1, 0.15) is 44.7 Å². The highest BCUT2D eigenvalue weighted by molar-refractivity contribution is 7.03. The van der Waals surface area contributed by atoms with Crippen molar-refractivity contribution in [2.45, 2.75) is 45.1 Å². The molecule has 3 unspecified atom stereocenters. The van der Waals surface area contributed by atoms with Crippen LogP contribution in [0.4, 0.5) is 0 Å². The molecule has 0 aliphatic heterocycles. The van der Waals surface area contributed by atoms with Gasteiger partial charge in [0.2, 0.25) is 0 Å². The molecule has 1 heterocycles. The van der Waals surface area contributed by atoms with Crippen molar-refractivity contribution in [1.29, 1.82) is 0 Å². The van der Waals surface area contributed by atoms with E-state index >= 15 is 0 Å². The van der Waals surface area contributed by atoms with Crippen molar-refractivity contribution in [2.24, 2.45) is 17.6 Å². The summed E-state index contributed by atoms with van der Waals surface area (Å²) < 4.78 is 4.49. The maximum atomic E-state index is 6.07. The molecule has 1 fully saturated rings. The second kappa shape index (κ2) is 4.62. The zero-order chi connectivity index (χ0) is 10.8. The number of nitrogens with two attached hydrogens (primary N) is 1. The molecule has 84 valence electrons. The Bertz CT molecular complexity index is 295. The first kappa shape index (κ1) is 11.1. The largest absolute Gasteiger partial charge is 0.328 e. The van der Waals surface area contributed by atoms with Gasteiger partial charge >= 0.3 is 0 Å². The molecule has 2 rings (SSSR count). The lowest BCUT2D eigenvalue weighted by Gasteiger charge is -2.36. The van der Waals surface area contributed by atoms with E-state index in [-0.39, 0.29) is 0 Å². The fourth-order valence-corrected chi connectivity index (χ4v) is 3.36. The third kappa shape index (κ3) is 2.40. The summed E-state index contributed by atoms with van der Waals surface area (Å²) >= 11 is 1.56. The van der Waals surface area contributed by atoms with Crippen LogP contribution in [-0.2, 0) is 0 Å². The van der Waals surface area contributed by atoms with Crippen LogP contribution < -0.4 is 5.73 Å². The average molecular weight is 224 g/mol. The number of rotatable bonds is 2. The van der Waals surface area contributed by atoms with E-state index < -0.39 is 0 Å². The van der Waals surface area contributed by atoms with Crippen LogP contribution in [0, 0.1) is 11.8 Å². The van der Waals surface area contributed by atoms with E-state index in [2.05, 4.69) is 29.7 Å². The Hall–Kier alpha value is -0.410. The molecule has 0 amide bonds. The van der Waals surface area contributed by atoms with Gasteiger partial charge in [-0.2, -0.15) is 4.37 Å². The van der Waals surface area contributed by atoms with Crippen LogP contribution in [0.3, 0.4) is 0 Å². The molecule has 1 aromatic heterocycles. The molecule has 1 aliphatic rings. The molecular formula is C12H20N2S. The fraction of sp³-hybridized carbons (Fsp3) is 0.750. The SMILES string of the molecule is CC(C)C1CCC(N)CC1c1ccsn1. The van der Waals surface area contributed by atoms with Crippen molar-refractivity contribution in [3.8, 4) is 0 Å². The lowest BCUT2D eigenvalue weighted by atomic mass is 9.71. The fourth-order valence-electron chi connectivity index (χ4n) is 2.78. The van der Waals surface area contributed by atoms with Gasteiger partial charge < -0.3 is 5.73 Å². The van der Waals surface area contributed by atoms with Gasteiger partial charge in [-0.3, -0.25) is 0 Å². The third-order valence-electron chi connectivity index (χ3n) is 3.64. The molecule has 0 bridgehead atoms. The van der Waals surface area contributed by atoms with Crippen LogP contribution in [0.25, 0.3) is 0 Å². The highest BCUT2D eigenvalue weighted by Gasteiger charge is 2.32. The minimum atomic E-state index is 0.381. The van der Waals surface area contributed by atoms with E-state index in [1.807, 2.05) is 0 Å². The van der Waals surface area contributed by atoms with E-state index in [4.69, 9.17) is 5.73 Å². The highest BCUT2D eigenvalue weighted by Crippen LogP contribution is 2.40. The molecule has 0 aromatic carbocycles. The maximum absolute atomic E-state index is 6.07. The summed E-state index contributed by atoms with van der Waals surface area (Å²) in [5, 5.41) is 2.08. The standard InChI is InChI=1S/C12H20N2S/c1-8(2)10-4-3-9(13)7-11(10)12-5-6-15-14-12/h5-6,8-11H,3-4,7,13H2,1-2H3. The van der Waals surface area contributed by atoms with Gasteiger partial charge in [0.15, 0.2) is 0 Å². The highest BCUT2D eigenvalue weighted by atomic mass is 32.1. The Kier molecular flexibility index (Phi) is 3.42. The summed E-state index contributed by atoms with van der Waals surface area (Å²) in [4.78, 5) is 0. The second-order valence-corrected chi connectivity index (χ2v) is 5.68. The number of aromatic nitrogens is 1. The van der Waals surface area contributed by atoms with E-state index in [0.29, 0.717) is 12.0 Å². The summed E-state index contributed by atoms with van der Waals surface area (Å²) in [6.45, 7) is 4.64. The van der Waals surface area contributed by atoms with Crippen LogP contribution in [0.15, 0.2) is 11.4 Å². The molecule has 0 spiro atoms. The first-order valence-electron chi connectivity index (χ1n) is 5.84. The molecular weight excluding hydrogens is 204 g/mol. The molecule has 2 N–H and O–H groups in total. The lowest BCUT2D eigenvalue weighted by molar-refractivity contribution is 0.218. The quantitative estimate of drug-likeness (QED) is 0.838. The molecule has 3 heteroatoms. The zero-order valence-corrected chi connectivity index (χ0v) is 10.3. The van der Waals surface area contributed by atoms with Crippen molar-refractivity contribution in [1.82, 2.24) is 4.37 Å². The van der Waals surface area contributed by atoms with Crippen molar-refractivity contribution >= 4 is 11.5 Å². The summed E-state index contributed by atoms with van der Waals surface area (Å²) in [6.07, 6.45) is 3.57. The minimum Gasteiger partial charge on any atom is -0.328 e. The van der Waals surface area contributed by atoms with Crippen LogP contribution in [0.5, 0.6) is 0 Å². The molecule has 0 radical (unpaired) electrons. The normalized spacial score (nSPS) is 32.1. The second-order valence-electron chi connectivity index (χ2n) is 5.01. The van der Waals surface area contributed by atoms with Gasteiger partial charge in [-0.1, -0.05) is 13.8 Å². The molecule has 15 heavy (non-hydrogen) atoms. The summed E-state index contributed by atoms with van der Waals surface area (Å²) in [5.41, 5.74) is 7.34. The van der Waals surface area contributed by atoms with E-state index in [1.165, 1.54) is 18.5 Å². The number of hydrogen-bond donors (Lipinski definition) is 1. The van der Waals surface area contributed by atoms with Gasteiger partial charge in [0.05, 0.1) is 5.69 Å². The average Bonchev–Trinajstić information content (AvgIpc) is 2.69. The smallest absolute Gasteiger partial charge is 0.0576 e. The first-order chi connectivity index (χ1) is 7.18. The predicted molar refractivity (Wildman–Crippen MR) is 65.0 cm³/mol. The Morgan fingerprint density at radius 1 is 1.47 bits per heavy atom. The number of nitrogens with zero attached hydrogens (tertiary/aromatic N) is 1. The van der Waals surface area contributed by atoms with Crippen LogP contribution >= 0.6 is 11.5 Å². The Balaban J connectivity index is 2.17. The van der Waals surface area contributed by atoms with E-state index in [9.17, 15) is 0 Å². The molecule has 2 nitrogen and oxygen atoms in total. The molecule has 1 saturated carbocycles. The van der Waals surface area contributed by atoms with Gasteiger partial charge in [-0.15, -0.1) is 0 Å². The Morgan fingerprint density at radius 3 is 2.87 bits per heavy atom. The molecule has 3 atom stereocenters. The van der Waals surface area contributed by atoms with E-state index in [0.717, 1.165) is 18.3 Å². The van der Waals surface area contributed by atoms with Crippen molar-refractivity contribution in [2.75, 3.05) is 0 Å². The van der Waals surface area contributed by atoms with Gasteiger partial charge in [0, 0.05) is 17.3 Å². The van der Waals surface area contributed by atoms with Crippen molar-refractivity contribution in [3.63, 3.8) is 0 Å². The van der Waals surface area contributed by atoms with Gasteiger partial charge in [0.1, 0.15) is 0 Å².